The third-order valence-electron chi connectivity index (χ3n) is 2.47. The molecular formula is C10H17BrN6O. The zero-order chi connectivity index (χ0) is 13.8. The number of nitrogen functional groups attached to an aromatic ring is 1. The molecule has 1 aromatic rings. The van der Waals surface area contributed by atoms with Crippen molar-refractivity contribution in [2.45, 2.75) is 13.8 Å². The first kappa shape index (κ1) is 14.7. The van der Waals surface area contributed by atoms with Crippen LogP contribution in [0.4, 0.5) is 11.6 Å². The molecule has 0 spiro atoms. The number of aromatic nitrogens is 2. The summed E-state index contributed by atoms with van der Waals surface area (Å²) in [5, 5.41) is 5.71. The van der Waals surface area contributed by atoms with Gasteiger partial charge in [-0.1, -0.05) is 0 Å². The van der Waals surface area contributed by atoms with Gasteiger partial charge in [-0.3, -0.25) is 4.79 Å². The summed E-state index contributed by atoms with van der Waals surface area (Å²) >= 11 is 3.33. The zero-order valence-electron chi connectivity index (χ0n) is 10.5. The van der Waals surface area contributed by atoms with Gasteiger partial charge in [0.05, 0.1) is 5.41 Å². The Hall–Kier alpha value is -1.41. The predicted octanol–water partition coefficient (Wildman–Crippen LogP) is 0.709. The molecule has 1 rings (SSSR count). The summed E-state index contributed by atoms with van der Waals surface area (Å²) < 4.78 is 0.625. The minimum Gasteiger partial charge on any atom is -0.368 e. The second-order valence-corrected chi connectivity index (χ2v) is 5.14. The monoisotopic (exact) mass is 316 g/mol. The maximum absolute atomic E-state index is 11.6. The molecule has 0 bridgehead atoms. The van der Waals surface area contributed by atoms with Gasteiger partial charge in [-0.25, -0.2) is 15.8 Å². The first-order chi connectivity index (χ1) is 8.42. The van der Waals surface area contributed by atoms with Gasteiger partial charge in [0.2, 0.25) is 5.91 Å². The molecule has 8 heteroatoms. The van der Waals surface area contributed by atoms with E-state index in [1.807, 2.05) is 13.8 Å². The Bertz CT molecular complexity index is 436. The summed E-state index contributed by atoms with van der Waals surface area (Å²) in [5.41, 5.74) is 1.90. The molecule has 0 atom stereocenters. The molecule has 1 amide bonds. The Kier molecular flexibility index (Phi) is 4.85. The van der Waals surface area contributed by atoms with Crippen LogP contribution in [0.1, 0.15) is 13.8 Å². The van der Waals surface area contributed by atoms with E-state index in [4.69, 9.17) is 5.84 Å². The number of rotatable bonds is 5. The first-order valence-corrected chi connectivity index (χ1v) is 6.15. The number of nitrogens with two attached hydrogens (primary N) is 1. The maximum atomic E-state index is 11.6. The molecule has 0 aliphatic rings. The Morgan fingerprint density at radius 1 is 1.44 bits per heavy atom. The van der Waals surface area contributed by atoms with E-state index in [1.165, 1.54) is 6.33 Å². The van der Waals surface area contributed by atoms with Gasteiger partial charge in [-0.15, -0.1) is 0 Å². The summed E-state index contributed by atoms with van der Waals surface area (Å²) in [6, 6.07) is 0. The van der Waals surface area contributed by atoms with Crippen molar-refractivity contribution in [1.29, 1.82) is 0 Å². The summed E-state index contributed by atoms with van der Waals surface area (Å²) in [5.74, 6) is 6.32. The third-order valence-corrected chi connectivity index (χ3v) is 3.22. The van der Waals surface area contributed by atoms with Crippen LogP contribution < -0.4 is 21.9 Å². The number of carbonyl (C=O) groups is 1. The van der Waals surface area contributed by atoms with Crippen LogP contribution in [0.3, 0.4) is 0 Å². The summed E-state index contributed by atoms with van der Waals surface area (Å²) in [7, 11) is 1.61. The minimum absolute atomic E-state index is 0.0441. The van der Waals surface area contributed by atoms with E-state index >= 15 is 0 Å². The lowest BCUT2D eigenvalue weighted by Gasteiger charge is -2.23. The lowest BCUT2D eigenvalue weighted by molar-refractivity contribution is -0.128. The third kappa shape index (κ3) is 3.30. The molecule has 1 aromatic heterocycles. The second kappa shape index (κ2) is 5.96. The molecule has 0 radical (unpaired) electrons. The molecule has 7 nitrogen and oxygen atoms in total. The van der Waals surface area contributed by atoms with Crippen LogP contribution in [0.5, 0.6) is 0 Å². The summed E-state index contributed by atoms with van der Waals surface area (Å²) in [6.45, 7) is 4.12. The highest BCUT2D eigenvalue weighted by molar-refractivity contribution is 9.10. The quantitative estimate of drug-likeness (QED) is 0.471. The Labute approximate surface area is 114 Å². The number of anilines is 2. The van der Waals surface area contributed by atoms with E-state index in [0.717, 1.165) is 0 Å². The number of carbonyl (C=O) groups excluding carboxylic acids is 1. The van der Waals surface area contributed by atoms with Crippen LogP contribution in [-0.4, -0.2) is 29.5 Å². The van der Waals surface area contributed by atoms with Crippen molar-refractivity contribution < 1.29 is 4.79 Å². The largest absolute Gasteiger partial charge is 0.368 e. The molecule has 0 fully saturated rings. The van der Waals surface area contributed by atoms with Crippen LogP contribution in [-0.2, 0) is 4.79 Å². The number of nitrogens with zero attached hydrogens (tertiary/aromatic N) is 2. The Balaban J connectivity index is 2.78. The Morgan fingerprint density at radius 3 is 2.61 bits per heavy atom. The standard InChI is InChI=1S/C10H17BrN6O/c1-10(2,9(18)13-3)4-14-7-6(11)8(17-12)16-5-15-7/h5H,4,12H2,1-3H3,(H,13,18)(H2,14,15,16,17). The molecule has 0 aliphatic carbocycles. The maximum Gasteiger partial charge on any atom is 0.227 e. The van der Waals surface area contributed by atoms with Crippen molar-refractivity contribution in [2.75, 3.05) is 24.3 Å². The molecule has 100 valence electrons. The van der Waals surface area contributed by atoms with Crippen molar-refractivity contribution in [3.63, 3.8) is 0 Å². The van der Waals surface area contributed by atoms with Gasteiger partial charge >= 0.3 is 0 Å². The lowest BCUT2D eigenvalue weighted by atomic mass is 9.92. The van der Waals surface area contributed by atoms with Crippen molar-refractivity contribution in [3.8, 4) is 0 Å². The fraction of sp³-hybridized carbons (Fsp3) is 0.500. The molecular weight excluding hydrogens is 300 g/mol. The number of halogens is 1. The van der Waals surface area contributed by atoms with E-state index in [9.17, 15) is 4.79 Å². The van der Waals surface area contributed by atoms with E-state index < -0.39 is 5.41 Å². The predicted molar refractivity (Wildman–Crippen MR) is 73.9 cm³/mol. The average Bonchev–Trinajstić information content (AvgIpc) is 2.36. The molecule has 0 aromatic carbocycles. The van der Waals surface area contributed by atoms with Crippen LogP contribution >= 0.6 is 15.9 Å². The fourth-order valence-corrected chi connectivity index (χ4v) is 1.78. The molecule has 5 N–H and O–H groups in total. The van der Waals surface area contributed by atoms with Gasteiger partial charge in [0, 0.05) is 13.6 Å². The smallest absolute Gasteiger partial charge is 0.227 e. The van der Waals surface area contributed by atoms with E-state index in [-0.39, 0.29) is 5.91 Å². The van der Waals surface area contributed by atoms with Gasteiger partial charge in [-0.2, -0.15) is 0 Å². The Morgan fingerprint density at radius 2 is 2.06 bits per heavy atom. The number of amides is 1. The van der Waals surface area contributed by atoms with Crippen LogP contribution in [0.15, 0.2) is 10.8 Å². The van der Waals surface area contributed by atoms with Crippen LogP contribution in [0.2, 0.25) is 0 Å². The summed E-state index contributed by atoms with van der Waals surface area (Å²) in [4.78, 5) is 19.7. The number of hydrogen-bond acceptors (Lipinski definition) is 6. The minimum atomic E-state index is -0.546. The van der Waals surface area contributed by atoms with E-state index in [1.54, 1.807) is 7.05 Å². The van der Waals surface area contributed by atoms with Crippen LogP contribution in [0, 0.1) is 5.41 Å². The molecule has 0 unspecified atom stereocenters. The summed E-state index contributed by atoms with van der Waals surface area (Å²) in [6.07, 6.45) is 1.38. The van der Waals surface area contributed by atoms with E-state index in [0.29, 0.717) is 22.7 Å². The number of hydrogen-bond donors (Lipinski definition) is 4. The molecule has 0 saturated carbocycles. The number of hydrazine groups is 1. The highest BCUT2D eigenvalue weighted by atomic mass is 79.9. The topological polar surface area (TPSA) is 105 Å². The molecule has 18 heavy (non-hydrogen) atoms. The van der Waals surface area contributed by atoms with Gasteiger partial charge < -0.3 is 16.1 Å². The highest BCUT2D eigenvalue weighted by Crippen LogP contribution is 2.26. The highest BCUT2D eigenvalue weighted by Gasteiger charge is 2.26. The van der Waals surface area contributed by atoms with Gasteiger partial charge in [0.1, 0.15) is 16.6 Å². The van der Waals surface area contributed by atoms with Gasteiger partial charge in [-0.05, 0) is 29.8 Å². The zero-order valence-corrected chi connectivity index (χ0v) is 12.1. The second-order valence-electron chi connectivity index (χ2n) is 4.35. The van der Waals surface area contributed by atoms with E-state index in [2.05, 4.69) is 42.0 Å². The fourth-order valence-electron chi connectivity index (χ4n) is 1.32. The van der Waals surface area contributed by atoms with Gasteiger partial charge in [0.15, 0.2) is 5.82 Å². The number of nitrogens with one attached hydrogen (secondary N) is 3. The van der Waals surface area contributed by atoms with Crippen molar-refractivity contribution in [2.24, 2.45) is 11.3 Å². The normalized spacial score (nSPS) is 10.9. The van der Waals surface area contributed by atoms with Gasteiger partial charge in [0.25, 0.3) is 0 Å². The first-order valence-electron chi connectivity index (χ1n) is 5.35. The molecule has 0 aliphatic heterocycles. The lowest BCUT2D eigenvalue weighted by Crippen LogP contribution is -2.39. The van der Waals surface area contributed by atoms with Crippen molar-refractivity contribution in [3.05, 3.63) is 10.8 Å². The van der Waals surface area contributed by atoms with Crippen LogP contribution in [0.25, 0.3) is 0 Å². The van der Waals surface area contributed by atoms with Crippen molar-refractivity contribution >= 4 is 33.5 Å². The average molecular weight is 317 g/mol. The SMILES string of the molecule is CNC(=O)C(C)(C)CNc1ncnc(NN)c1Br. The molecule has 1 heterocycles. The van der Waals surface area contributed by atoms with Crippen molar-refractivity contribution in [1.82, 2.24) is 15.3 Å². The molecule has 0 saturated heterocycles.